The number of hydrogen-bond acceptors (Lipinski definition) is 4. The van der Waals surface area contributed by atoms with Gasteiger partial charge in [0.25, 0.3) is 0 Å². The highest BCUT2D eigenvalue weighted by Gasteiger charge is 2.21. The molecule has 0 spiro atoms. The molecule has 3 aromatic carbocycles. The maximum atomic E-state index is 11.3. The first-order valence-electron chi connectivity index (χ1n) is 8.99. The van der Waals surface area contributed by atoms with Crippen LogP contribution in [0.15, 0.2) is 78.0 Å². The van der Waals surface area contributed by atoms with E-state index in [1.165, 1.54) is 22.5 Å². The summed E-state index contributed by atoms with van der Waals surface area (Å²) in [6, 6.07) is 24.3. The Balaban J connectivity index is 1.78. The summed E-state index contributed by atoms with van der Waals surface area (Å²) in [4.78, 5) is 11.3. The third-order valence-electron chi connectivity index (χ3n) is 4.57. The molecule has 0 saturated heterocycles. The molecule has 6 heteroatoms. The molecule has 0 bridgehead atoms. The van der Waals surface area contributed by atoms with Crippen molar-refractivity contribution in [3.8, 4) is 5.69 Å². The number of benzene rings is 3. The van der Waals surface area contributed by atoms with Crippen LogP contribution in [0.2, 0.25) is 0 Å². The van der Waals surface area contributed by atoms with Crippen LogP contribution in [-0.2, 0) is 11.2 Å². The van der Waals surface area contributed by atoms with Crippen molar-refractivity contribution in [2.45, 2.75) is 23.8 Å². The molecule has 28 heavy (non-hydrogen) atoms. The molecular weight excluding hydrogens is 370 g/mol. The van der Waals surface area contributed by atoms with Crippen LogP contribution in [0.5, 0.6) is 0 Å². The molecule has 0 aliphatic heterocycles. The van der Waals surface area contributed by atoms with Gasteiger partial charge in [0, 0.05) is 12.1 Å². The summed E-state index contributed by atoms with van der Waals surface area (Å²) in [5, 5.41) is 20.3. The molecule has 0 saturated carbocycles. The molecule has 5 nitrogen and oxygen atoms in total. The van der Waals surface area contributed by atoms with Gasteiger partial charge in [0.2, 0.25) is 0 Å². The van der Waals surface area contributed by atoms with Gasteiger partial charge in [-0.05, 0) is 35.4 Å². The fraction of sp³-hybridized carbons (Fsp3) is 0.136. The van der Waals surface area contributed by atoms with Gasteiger partial charge in [-0.1, -0.05) is 72.4 Å². The molecule has 0 fully saturated rings. The third-order valence-corrected chi connectivity index (χ3v) is 5.60. The molecule has 0 radical (unpaired) electrons. The van der Waals surface area contributed by atoms with Crippen molar-refractivity contribution in [2.24, 2.45) is 0 Å². The number of hydrogen-bond donors (Lipinski definition) is 1. The van der Waals surface area contributed by atoms with Gasteiger partial charge < -0.3 is 5.11 Å². The van der Waals surface area contributed by atoms with Crippen molar-refractivity contribution in [3.05, 3.63) is 84.2 Å². The van der Waals surface area contributed by atoms with Crippen molar-refractivity contribution in [1.82, 2.24) is 14.8 Å². The topological polar surface area (TPSA) is 68.0 Å². The van der Waals surface area contributed by atoms with E-state index in [4.69, 9.17) is 0 Å². The van der Waals surface area contributed by atoms with Gasteiger partial charge in [0.1, 0.15) is 11.1 Å². The Morgan fingerprint density at radius 3 is 2.50 bits per heavy atom. The number of carbonyl (C=O) groups is 1. The standard InChI is InChI=1S/C22H19N3O2S/c1-15(21(26)27)28-22-24-23-20(25(22)18-11-3-2-4-12-18)14-17-10-7-9-16-8-5-6-13-19(16)17/h2-13,15H,14H2,1H3,(H,26,27)/t15-/m0/s1. The minimum Gasteiger partial charge on any atom is -0.480 e. The first-order valence-corrected chi connectivity index (χ1v) is 9.87. The minimum absolute atomic E-state index is 0.580. The molecule has 1 heterocycles. The lowest BCUT2D eigenvalue weighted by Crippen LogP contribution is -2.13. The van der Waals surface area contributed by atoms with Gasteiger partial charge in [0.05, 0.1) is 0 Å². The fourth-order valence-corrected chi connectivity index (χ4v) is 3.97. The molecule has 0 unspecified atom stereocenters. The van der Waals surface area contributed by atoms with E-state index in [-0.39, 0.29) is 0 Å². The van der Waals surface area contributed by atoms with Gasteiger partial charge in [-0.3, -0.25) is 9.36 Å². The number of aliphatic carboxylic acids is 1. The first kappa shape index (κ1) is 18.3. The number of carboxylic acid groups (broad SMARTS) is 1. The summed E-state index contributed by atoms with van der Waals surface area (Å²) in [5.74, 6) is -0.0918. The van der Waals surface area contributed by atoms with Crippen molar-refractivity contribution < 1.29 is 9.90 Å². The number of rotatable bonds is 6. The van der Waals surface area contributed by atoms with Gasteiger partial charge in [-0.15, -0.1) is 10.2 Å². The number of thioether (sulfide) groups is 1. The quantitative estimate of drug-likeness (QED) is 0.489. The monoisotopic (exact) mass is 389 g/mol. The Morgan fingerprint density at radius 1 is 1.00 bits per heavy atom. The van der Waals surface area contributed by atoms with E-state index in [0.29, 0.717) is 11.6 Å². The molecule has 4 rings (SSSR count). The normalized spacial score (nSPS) is 12.2. The zero-order chi connectivity index (χ0) is 19.5. The minimum atomic E-state index is -0.872. The number of aromatic nitrogens is 3. The molecule has 0 amide bonds. The lowest BCUT2D eigenvalue weighted by Gasteiger charge is -2.12. The zero-order valence-corrected chi connectivity index (χ0v) is 16.1. The van der Waals surface area contributed by atoms with Gasteiger partial charge in [-0.25, -0.2) is 0 Å². The highest BCUT2D eigenvalue weighted by molar-refractivity contribution is 8.00. The van der Waals surface area contributed by atoms with E-state index in [1.807, 2.05) is 53.1 Å². The molecule has 0 aliphatic rings. The largest absolute Gasteiger partial charge is 0.480 e. The molecule has 1 aromatic heterocycles. The zero-order valence-electron chi connectivity index (χ0n) is 15.3. The Labute approximate surface area is 167 Å². The van der Waals surface area contributed by atoms with E-state index in [1.54, 1.807) is 6.92 Å². The maximum Gasteiger partial charge on any atom is 0.316 e. The lowest BCUT2D eigenvalue weighted by molar-refractivity contribution is -0.136. The molecular formula is C22H19N3O2S. The van der Waals surface area contributed by atoms with E-state index in [2.05, 4.69) is 34.5 Å². The number of para-hydroxylation sites is 1. The molecule has 1 N–H and O–H groups in total. The lowest BCUT2D eigenvalue weighted by atomic mass is 10.0. The van der Waals surface area contributed by atoms with Crippen molar-refractivity contribution >= 4 is 28.5 Å². The Morgan fingerprint density at radius 2 is 1.71 bits per heavy atom. The van der Waals surface area contributed by atoms with E-state index in [9.17, 15) is 9.90 Å². The van der Waals surface area contributed by atoms with Crippen LogP contribution < -0.4 is 0 Å². The second-order valence-corrected chi connectivity index (χ2v) is 7.79. The average molecular weight is 389 g/mol. The molecule has 140 valence electrons. The van der Waals surface area contributed by atoms with Crippen molar-refractivity contribution in [1.29, 1.82) is 0 Å². The number of carboxylic acids is 1. The molecule has 0 aliphatic carbocycles. The van der Waals surface area contributed by atoms with Crippen LogP contribution in [-0.4, -0.2) is 31.1 Å². The van der Waals surface area contributed by atoms with Crippen LogP contribution in [0.3, 0.4) is 0 Å². The number of nitrogens with zero attached hydrogens (tertiary/aromatic N) is 3. The SMILES string of the molecule is C[C@H](Sc1nnc(Cc2cccc3ccccc23)n1-c1ccccc1)C(=O)O. The summed E-state index contributed by atoms with van der Waals surface area (Å²) in [6.07, 6.45) is 0.602. The highest BCUT2D eigenvalue weighted by Crippen LogP contribution is 2.28. The Kier molecular flexibility index (Phi) is 5.12. The van der Waals surface area contributed by atoms with E-state index < -0.39 is 11.2 Å². The second kappa shape index (κ2) is 7.86. The summed E-state index contributed by atoms with van der Waals surface area (Å²) >= 11 is 1.20. The fourth-order valence-electron chi connectivity index (χ4n) is 3.15. The predicted molar refractivity (Wildman–Crippen MR) is 111 cm³/mol. The molecule has 4 aromatic rings. The van der Waals surface area contributed by atoms with Crippen LogP contribution in [0.25, 0.3) is 16.5 Å². The maximum absolute atomic E-state index is 11.3. The van der Waals surface area contributed by atoms with Gasteiger partial charge >= 0.3 is 5.97 Å². The first-order chi connectivity index (χ1) is 13.6. The van der Waals surface area contributed by atoms with Crippen molar-refractivity contribution in [2.75, 3.05) is 0 Å². The summed E-state index contributed by atoms with van der Waals surface area (Å²) in [5.41, 5.74) is 2.08. The summed E-state index contributed by atoms with van der Waals surface area (Å²) in [7, 11) is 0. The van der Waals surface area contributed by atoms with E-state index >= 15 is 0 Å². The predicted octanol–water partition coefficient (Wildman–Crippen LogP) is 4.58. The van der Waals surface area contributed by atoms with Gasteiger partial charge in [0.15, 0.2) is 5.16 Å². The smallest absolute Gasteiger partial charge is 0.316 e. The van der Waals surface area contributed by atoms with E-state index in [0.717, 1.165) is 17.1 Å². The third kappa shape index (κ3) is 3.64. The van der Waals surface area contributed by atoms with Crippen LogP contribution >= 0.6 is 11.8 Å². The highest BCUT2D eigenvalue weighted by atomic mass is 32.2. The summed E-state index contributed by atoms with van der Waals surface area (Å²) in [6.45, 7) is 1.65. The number of fused-ring (bicyclic) bond motifs is 1. The van der Waals surface area contributed by atoms with Crippen LogP contribution in [0.1, 0.15) is 18.3 Å². The van der Waals surface area contributed by atoms with Crippen LogP contribution in [0.4, 0.5) is 0 Å². The second-order valence-electron chi connectivity index (χ2n) is 6.48. The van der Waals surface area contributed by atoms with Crippen molar-refractivity contribution in [3.63, 3.8) is 0 Å². The Bertz CT molecular complexity index is 1120. The Hall–Kier alpha value is -3.12. The average Bonchev–Trinajstić information content (AvgIpc) is 3.11. The van der Waals surface area contributed by atoms with Crippen LogP contribution in [0, 0.1) is 0 Å². The summed E-state index contributed by atoms with van der Waals surface area (Å²) < 4.78 is 1.95. The molecule has 1 atom stereocenters. The van der Waals surface area contributed by atoms with Gasteiger partial charge in [-0.2, -0.15) is 0 Å².